The Morgan fingerprint density at radius 1 is 1.11 bits per heavy atom. The number of aliphatic carboxylic acids is 1. The fourth-order valence-electron chi connectivity index (χ4n) is 4.71. The highest BCUT2D eigenvalue weighted by Gasteiger charge is 2.31. The SMILES string of the molecule is CC(C)Cc1ccc(-c2nc(COC[C@H]3CCC[C@@H](COC(C)(C)C(=O)O)C3)c(C(C)C)o2)cc1. The molecule has 1 N–H and O–H groups in total. The Labute approximate surface area is 210 Å². The van der Waals surface area contributed by atoms with Crippen molar-refractivity contribution in [3.63, 3.8) is 0 Å². The zero-order valence-corrected chi connectivity index (χ0v) is 22.3. The number of rotatable bonds is 12. The van der Waals surface area contributed by atoms with E-state index >= 15 is 0 Å². The number of carboxylic acids is 1. The lowest BCUT2D eigenvalue weighted by molar-refractivity contribution is -0.163. The third-order valence-corrected chi connectivity index (χ3v) is 6.78. The second-order valence-corrected chi connectivity index (χ2v) is 11.3. The zero-order chi connectivity index (χ0) is 25.6. The van der Waals surface area contributed by atoms with Crippen LogP contribution in [0.25, 0.3) is 11.5 Å². The second-order valence-electron chi connectivity index (χ2n) is 11.3. The first-order chi connectivity index (χ1) is 16.5. The smallest absolute Gasteiger partial charge is 0.335 e. The number of ether oxygens (including phenoxy) is 2. The number of hydrogen-bond donors (Lipinski definition) is 1. The number of carbonyl (C=O) groups is 1. The number of oxazole rings is 1. The molecular weight excluding hydrogens is 442 g/mol. The summed E-state index contributed by atoms with van der Waals surface area (Å²) in [6.45, 7) is 13.5. The molecule has 1 saturated carbocycles. The van der Waals surface area contributed by atoms with Crippen LogP contribution in [0.1, 0.15) is 90.2 Å². The van der Waals surface area contributed by atoms with Gasteiger partial charge in [-0.15, -0.1) is 0 Å². The zero-order valence-electron chi connectivity index (χ0n) is 22.3. The number of benzene rings is 1. The molecule has 1 aromatic carbocycles. The van der Waals surface area contributed by atoms with Crippen LogP contribution in [0.15, 0.2) is 28.7 Å². The maximum Gasteiger partial charge on any atom is 0.335 e. The van der Waals surface area contributed by atoms with Gasteiger partial charge in [0.25, 0.3) is 0 Å². The molecule has 35 heavy (non-hydrogen) atoms. The molecule has 0 radical (unpaired) electrons. The van der Waals surface area contributed by atoms with Crippen molar-refractivity contribution >= 4 is 5.97 Å². The van der Waals surface area contributed by atoms with Crippen molar-refractivity contribution in [2.75, 3.05) is 13.2 Å². The Bertz CT molecular complexity index is 944. The van der Waals surface area contributed by atoms with Crippen molar-refractivity contribution in [1.82, 2.24) is 4.98 Å². The lowest BCUT2D eigenvalue weighted by Gasteiger charge is -2.31. The van der Waals surface area contributed by atoms with Gasteiger partial charge in [-0.2, -0.15) is 0 Å². The molecule has 0 spiro atoms. The first-order valence-corrected chi connectivity index (χ1v) is 13.1. The second kappa shape index (κ2) is 12.2. The predicted molar refractivity (Wildman–Crippen MR) is 137 cm³/mol. The van der Waals surface area contributed by atoms with Crippen LogP contribution in [-0.2, 0) is 27.3 Å². The molecule has 1 heterocycles. The molecule has 0 unspecified atom stereocenters. The fourth-order valence-corrected chi connectivity index (χ4v) is 4.71. The third kappa shape index (κ3) is 7.91. The highest BCUT2D eigenvalue weighted by atomic mass is 16.5. The van der Waals surface area contributed by atoms with Crippen molar-refractivity contribution in [2.24, 2.45) is 17.8 Å². The summed E-state index contributed by atoms with van der Waals surface area (Å²) in [6, 6.07) is 8.50. The topological polar surface area (TPSA) is 81.8 Å². The number of hydrogen-bond acceptors (Lipinski definition) is 5. The summed E-state index contributed by atoms with van der Waals surface area (Å²) in [7, 11) is 0. The van der Waals surface area contributed by atoms with Crippen molar-refractivity contribution < 1.29 is 23.8 Å². The van der Waals surface area contributed by atoms with E-state index in [0.717, 1.165) is 49.1 Å². The summed E-state index contributed by atoms with van der Waals surface area (Å²) in [5.41, 5.74) is 2.05. The summed E-state index contributed by atoms with van der Waals surface area (Å²) in [4.78, 5) is 16.1. The summed E-state index contributed by atoms with van der Waals surface area (Å²) < 4.78 is 18.0. The maximum absolute atomic E-state index is 11.3. The van der Waals surface area contributed by atoms with Crippen LogP contribution in [0.5, 0.6) is 0 Å². The van der Waals surface area contributed by atoms with Gasteiger partial charge in [-0.1, -0.05) is 46.2 Å². The highest BCUT2D eigenvalue weighted by molar-refractivity contribution is 5.76. The summed E-state index contributed by atoms with van der Waals surface area (Å²) in [5.74, 6) is 2.29. The van der Waals surface area contributed by atoms with E-state index in [1.165, 1.54) is 5.56 Å². The first-order valence-electron chi connectivity index (χ1n) is 13.1. The Balaban J connectivity index is 1.55. The van der Waals surface area contributed by atoms with Gasteiger partial charge in [0.2, 0.25) is 5.89 Å². The molecule has 6 nitrogen and oxygen atoms in total. The molecule has 2 aromatic rings. The average Bonchev–Trinajstić information content (AvgIpc) is 3.23. The van der Waals surface area contributed by atoms with Crippen LogP contribution in [0, 0.1) is 17.8 Å². The molecule has 0 saturated heterocycles. The molecular formula is C29H43NO5. The van der Waals surface area contributed by atoms with E-state index in [1.807, 2.05) is 0 Å². The molecule has 3 rings (SSSR count). The summed E-state index contributed by atoms with van der Waals surface area (Å²) in [5, 5.41) is 9.27. The van der Waals surface area contributed by atoms with E-state index in [9.17, 15) is 9.90 Å². The van der Waals surface area contributed by atoms with Gasteiger partial charge in [0.1, 0.15) is 11.5 Å². The molecule has 0 aliphatic heterocycles. The van der Waals surface area contributed by atoms with Gasteiger partial charge in [0.05, 0.1) is 13.2 Å². The fraction of sp³-hybridized carbons (Fsp3) is 0.655. The highest BCUT2D eigenvalue weighted by Crippen LogP contribution is 2.32. The van der Waals surface area contributed by atoms with Gasteiger partial charge >= 0.3 is 5.97 Å². The molecule has 1 fully saturated rings. The average molecular weight is 486 g/mol. The Hall–Kier alpha value is -2.18. The Kier molecular flexibility index (Phi) is 9.54. The Morgan fingerprint density at radius 3 is 2.37 bits per heavy atom. The predicted octanol–water partition coefficient (Wildman–Crippen LogP) is 6.87. The minimum atomic E-state index is -1.14. The van der Waals surface area contributed by atoms with E-state index < -0.39 is 11.6 Å². The molecule has 1 aliphatic rings. The number of carboxylic acid groups (broad SMARTS) is 1. The summed E-state index contributed by atoms with van der Waals surface area (Å²) in [6.07, 6.45) is 5.38. The standard InChI is InChI=1S/C29H43NO5/c1-19(2)14-21-10-12-24(13-11-21)27-30-25(26(35-27)20(3)4)18-33-16-22-8-7-9-23(15-22)17-34-29(5,6)28(31)32/h10-13,19-20,22-23H,7-9,14-18H2,1-6H3,(H,31,32)/t22-,23+/m0/s1. The van der Waals surface area contributed by atoms with Crippen LogP contribution in [0.3, 0.4) is 0 Å². The lowest BCUT2D eigenvalue weighted by Crippen LogP contribution is -2.37. The van der Waals surface area contributed by atoms with Crippen molar-refractivity contribution in [1.29, 1.82) is 0 Å². The van der Waals surface area contributed by atoms with Gasteiger partial charge in [0.15, 0.2) is 5.60 Å². The van der Waals surface area contributed by atoms with Crippen LogP contribution in [0.4, 0.5) is 0 Å². The van der Waals surface area contributed by atoms with Gasteiger partial charge < -0.3 is 19.0 Å². The van der Waals surface area contributed by atoms with Crippen LogP contribution >= 0.6 is 0 Å². The van der Waals surface area contributed by atoms with E-state index in [2.05, 4.69) is 52.0 Å². The van der Waals surface area contributed by atoms with Crippen LogP contribution in [-0.4, -0.2) is 34.9 Å². The molecule has 1 aromatic heterocycles. The lowest BCUT2D eigenvalue weighted by atomic mass is 9.82. The molecule has 0 amide bonds. The van der Waals surface area contributed by atoms with Gasteiger partial charge in [-0.3, -0.25) is 0 Å². The Morgan fingerprint density at radius 2 is 1.77 bits per heavy atom. The minimum absolute atomic E-state index is 0.226. The van der Waals surface area contributed by atoms with Crippen molar-refractivity contribution in [3.8, 4) is 11.5 Å². The van der Waals surface area contributed by atoms with Crippen molar-refractivity contribution in [2.45, 2.75) is 91.8 Å². The van der Waals surface area contributed by atoms with Gasteiger partial charge in [-0.05, 0) is 75.0 Å². The van der Waals surface area contributed by atoms with Crippen LogP contribution < -0.4 is 0 Å². The maximum atomic E-state index is 11.3. The van der Waals surface area contributed by atoms with E-state index in [0.29, 0.717) is 43.5 Å². The van der Waals surface area contributed by atoms with E-state index in [4.69, 9.17) is 18.9 Å². The largest absolute Gasteiger partial charge is 0.479 e. The molecule has 6 heteroatoms. The first kappa shape index (κ1) is 27.4. The van der Waals surface area contributed by atoms with Crippen molar-refractivity contribution in [3.05, 3.63) is 41.3 Å². The molecule has 0 bridgehead atoms. The molecule has 194 valence electrons. The summed E-state index contributed by atoms with van der Waals surface area (Å²) >= 11 is 0. The minimum Gasteiger partial charge on any atom is -0.479 e. The molecule has 1 aliphatic carbocycles. The number of aromatic nitrogens is 1. The quantitative estimate of drug-likeness (QED) is 0.353. The number of nitrogens with zero attached hydrogens (tertiary/aromatic N) is 1. The van der Waals surface area contributed by atoms with Gasteiger partial charge in [0, 0.05) is 18.1 Å². The monoisotopic (exact) mass is 485 g/mol. The van der Waals surface area contributed by atoms with Crippen LogP contribution in [0.2, 0.25) is 0 Å². The van der Waals surface area contributed by atoms with E-state index in [1.54, 1.807) is 13.8 Å². The molecule has 2 atom stereocenters. The van der Waals surface area contributed by atoms with Gasteiger partial charge in [-0.25, -0.2) is 9.78 Å². The normalized spacial score (nSPS) is 19.0. The third-order valence-electron chi connectivity index (χ3n) is 6.78. The van der Waals surface area contributed by atoms with E-state index in [-0.39, 0.29) is 5.92 Å².